The summed E-state index contributed by atoms with van der Waals surface area (Å²) in [6.45, 7) is 0.786. The van der Waals surface area contributed by atoms with Gasteiger partial charge in [0, 0.05) is 17.1 Å². The van der Waals surface area contributed by atoms with Crippen LogP contribution < -0.4 is 0 Å². The van der Waals surface area contributed by atoms with Crippen LogP contribution in [0.5, 0.6) is 0 Å². The lowest BCUT2D eigenvalue weighted by Gasteiger charge is -2.36. The van der Waals surface area contributed by atoms with E-state index in [-0.39, 0.29) is 23.5 Å². The van der Waals surface area contributed by atoms with E-state index >= 15 is 0 Å². The molecule has 2 aliphatic heterocycles. The molecule has 5 nitrogen and oxygen atoms in total. The number of amides is 1. The highest BCUT2D eigenvalue weighted by molar-refractivity contribution is 7.91. The molecule has 2 fully saturated rings. The number of halogens is 1. The molecule has 0 saturated carbocycles. The van der Waals surface area contributed by atoms with Crippen molar-refractivity contribution >= 4 is 27.3 Å². The van der Waals surface area contributed by atoms with Crippen molar-refractivity contribution in [3.05, 3.63) is 34.9 Å². The third-order valence-corrected chi connectivity index (χ3v) is 5.63. The number of carbonyl (C=O) groups is 1. The molecule has 2 heterocycles. The number of carbonyl (C=O) groups excluding carboxylic acids is 1. The highest BCUT2D eigenvalue weighted by Gasteiger charge is 2.45. The van der Waals surface area contributed by atoms with Gasteiger partial charge in [-0.2, -0.15) is 0 Å². The van der Waals surface area contributed by atoms with E-state index in [9.17, 15) is 13.2 Å². The topological polar surface area (TPSA) is 63.7 Å². The van der Waals surface area contributed by atoms with Crippen molar-refractivity contribution in [2.45, 2.75) is 12.1 Å². The van der Waals surface area contributed by atoms with Crippen LogP contribution in [-0.2, 0) is 14.6 Å². The van der Waals surface area contributed by atoms with Crippen LogP contribution >= 0.6 is 11.6 Å². The van der Waals surface area contributed by atoms with Gasteiger partial charge in [0.25, 0.3) is 5.91 Å². The number of nitrogens with zero attached hydrogens (tertiary/aromatic N) is 1. The predicted molar refractivity (Wildman–Crippen MR) is 74.7 cm³/mol. The molecular formula is C13H14ClNO4S. The van der Waals surface area contributed by atoms with Crippen LogP contribution in [0.25, 0.3) is 0 Å². The van der Waals surface area contributed by atoms with Crippen LogP contribution in [0.15, 0.2) is 24.3 Å². The summed E-state index contributed by atoms with van der Waals surface area (Å²) >= 11 is 5.80. The fourth-order valence-electron chi connectivity index (χ4n) is 2.73. The first kappa shape index (κ1) is 13.9. The van der Waals surface area contributed by atoms with Crippen molar-refractivity contribution in [1.82, 2.24) is 4.90 Å². The maximum Gasteiger partial charge on any atom is 0.254 e. The van der Waals surface area contributed by atoms with Crippen molar-refractivity contribution in [3.63, 3.8) is 0 Å². The quantitative estimate of drug-likeness (QED) is 0.775. The van der Waals surface area contributed by atoms with Gasteiger partial charge in [0.2, 0.25) is 0 Å². The van der Waals surface area contributed by atoms with Gasteiger partial charge in [-0.1, -0.05) is 11.6 Å². The van der Waals surface area contributed by atoms with Crippen LogP contribution in [-0.4, -0.2) is 56.0 Å². The Balaban J connectivity index is 1.85. The maximum absolute atomic E-state index is 12.5. The third kappa shape index (κ3) is 2.55. The molecule has 2 atom stereocenters. The minimum Gasteiger partial charge on any atom is -0.373 e. The minimum atomic E-state index is -3.12. The Bertz CT molecular complexity index is 628. The highest BCUT2D eigenvalue weighted by atomic mass is 35.5. The Morgan fingerprint density at radius 3 is 2.65 bits per heavy atom. The molecule has 20 heavy (non-hydrogen) atoms. The Morgan fingerprint density at radius 2 is 1.95 bits per heavy atom. The number of rotatable bonds is 1. The fraction of sp³-hybridized carbons (Fsp3) is 0.462. The lowest BCUT2D eigenvalue weighted by molar-refractivity contribution is -0.0361. The first-order valence-corrected chi connectivity index (χ1v) is 8.55. The average molecular weight is 316 g/mol. The summed E-state index contributed by atoms with van der Waals surface area (Å²) in [4.78, 5) is 14.1. The molecule has 1 amide bonds. The van der Waals surface area contributed by atoms with Gasteiger partial charge in [-0.3, -0.25) is 4.79 Å². The van der Waals surface area contributed by atoms with Crippen LogP contribution in [0.2, 0.25) is 5.02 Å². The van der Waals surface area contributed by atoms with Crippen molar-refractivity contribution in [3.8, 4) is 0 Å². The summed E-state index contributed by atoms with van der Waals surface area (Å²) in [6.07, 6.45) is -0.398. The van der Waals surface area contributed by atoms with E-state index in [0.29, 0.717) is 23.7 Å². The molecule has 0 bridgehead atoms. The Morgan fingerprint density at radius 1 is 1.25 bits per heavy atom. The summed E-state index contributed by atoms with van der Waals surface area (Å²) in [5.74, 6) is -0.184. The fourth-order valence-corrected chi connectivity index (χ4v) is 4.72. The summed E-state index contributed by atoms with van der Waals surface area (Å²) < 4.78 is 28.9. The van der Waals surface area contributed by atoms with Crippen molar-refractivity contribution in [2.75, 3.05) is 24.7 Å². The van der Waals surface area contributed by atoms with Crippen LogP contribution in [0, 0.1) is 0 Å². The Hall–Kier alpha value is -1.11. The standard InChI is InChI=1S/C13H14ClNO4S/c14-10-3-1-9(2-4-10)13(16)15-5-6-19-12-8-20(17,18)7-11(12)15/h1-4,11-12H,5-8H2. The van der Waals surface area contributed by atoms with Gasteiger partial charge in [-0.05, 0) is 24.3 Å². The number of morpholine rings is 1. The molecule has 0 radical (unpaired) electrons. The zero-order chi connectivity index (χ0) is 14.3. The van der Waals surface area contributed by atoms with E-state index in [0.717, 1.165) is 0 Å². The number of hydrogen-bond acceptors (Lipinski definition) is 4. The number of ether oxygens (including phenoxy) is 1. The lowest BCUT2D eigenvalue weighted by Crippen LogP contribution is -2.53. The van der Waals surface area contributed by atoms with Gasteiger partial charge in [-0.15, -0.1) is 0 Å². The molecule has 1 aromatic rings. The van der Waals surface area contributed by atoms with E-state index < -0.39 is 15.9 Å². The van der Waals surface area contributed by atoms with Gasteiger partial charge in [0.05, 0.1) is 30.3 Å². The summed E-state index contributed by atoms with van der Waals surface area (Å²) in [7, 11) is -3.12. The zero-order valence-electron chi connectivity index (χ0n) is 10.7. The van der Waals surface area contributed by atoms with Crippen LogP contribution in [0.3, 0.4) is 0 Å². The smallest absolute Gasteiger partial charge is 0.254 e. The van der Waals surface area contributed by atoms with Gasteiger partial charge >= 0.3 is 0 Å². The van der Waals surface area contributed by atoms with E-state index in [1.165, 1.54) is 0 Å². The van der Waals surface area contributed by atoms with E-state index in [2.05, 4.69) is 0 Å². The van der Waals surface area contributed by atoms with Crippen molar-refractivity contribution in [2.24, 2.45) is 0 Å². The van der Waals surface area contributed by atoms with E-state index in [1.807, 2.05) is 0 Å². The van der Waals surface area contributed by atoms with Crippen LogP contribution in [0.4, 0.5) is 0 Å². The molecule has 3 rings (SSSR count). The first-order chi connectivity index (χ1) is 9.46. The Labute approximate surface area is 122 Å². The summed E-state index contributed by atoms with van der Waals surface area (Å²) in [6, 6.07) is 6.23. The van der Waals surface area contributed by atoms with Gasteiger partial charge in [0.15, 0.2) is 9.84 Å². The molecule has 108 valence electrons. The SMILES string of the molecule is O=C(c1ccc(Cl)cc1)N1CCOC2CS(=O)(=O)CC21. The average Bonchev–Trinajstić information content (AvgIpc) is 2.72. The second-order valence-corrected chi connectivity index (χ2v) is 7.65. The minimum absolute atomic E-state index is 0.00205. The van der Waals surface area contributed by atoms with Crippen molar-refractivity contribution < 1.29 is 17.9 Å². The summed E-state index contributed by atoms with van der Waals surface area (Å²) in [5.41, 5.74) is 0.513. The van der Waals surface area contributed by atoms with Gasteiger partial charge in [0.1, 0.15) is 0 Å². The molecule has 0 aliphatic carbocycles. The molecular weight excluding hydrogens is 302 g/mol. The zero-order valence-corrected chi connectivity index (χ0v) is 12.2. The van der Waals surface area contributed by atoms with Crippen LogP contribution in [0.1, 0.15) is 10.4 Å². The third-order valence-electron chi connectivity index (χ3n) is 3.69. The molecule has 0 aromatic heterocycles. The Kier molecular flexibility index (Phi) is 3.48. The van der Waals surface area contributed by atoms with Gasteiger partial charge < -0.3 is 9.64 Å². The molecule has 0 N–H and O–H groups in total. The molecule has 1 aromatic carbocycles. The monoisotopic (exact) mass is 315 g/mol. The molecule has 2 aliphatic rings. The summed E-state index contributed by atoms with van der Waals surface area (Å²) in [5, 5.41) is 0.560. The highest BCUT2D eigenvalue weighted by Crippen LogP contribution is 2.26. The van der Waals surface area contributed by atoms with E-state index in [4.69, 9.17) is 16.3 Å². The number of fused-ring (bicyclic) bond motifs is 1. The largest absolute Gasteiger partial charge is 0.373 e. The second kappa shape index (κ2) is 5.02. The first-order valence-electron chi connectivity index (χ1n) is 6.35. The lowest BCUT2D eigenvalue weighted by atomic mass is 10.1. The molecule has 0 spiro atoms. The normalized spacial score (nSPS) is 28.1. The van der Waals surface area contributed by atoms with E-state index in [1.54, 1.807) is 29.2 Å². The maximum atomic E-state index is 12.5. The van der Waals surface area contributed by atoms with Crippen molar-refractivity contribution in [1.29, 1.82) is 0 Å². The molecule has 7 heteroatoms. The number of sulfone groups is 1. The molecule has 2 saturated heterocycles. The van der Waals surface area contributed by atoms with Gasteiger partial charge in [-0.25, -0.2) is 8.42 Å². The second-order valence-electron chi connectivity index (χ2n) is 5.06. The number of benzene rings is 1. The molecule has 2 unspecified atom stereocenters. The predicted octanol–water partition coefficient (Wildman–Crippen LogP) is 0.978. The number of hydrogen-bond donors (Lipinski definition) is 0.